The number of nitrogens with one attached hydrogen (secondary N) is 1. The van der Waals surface area contributed by atoms with Crippen molar-refractivity contribution in [2.75, 3.05) is 13.2 Å². The van der Waals surface area contributed by atoms with Gasteiger partial charge in [-0.1, -0.05) is 19.1 Å². The van der Waals surface area contributed by atoms with Gasteiger partial charge in [0.1, 0.15) is 5.82 Å². The van der Waals surface area contributed by atoms with E-state index in [0.29, 0.717) is 11.1 Å². The van der Waals surface area contributed by atoms with Crippen molar-refractivity contribution in [1.29, 1.82) is 0 Å². The number of ether oxygens (including phenoxy) is 1. The Morgan fingerprint density at radius 1 is 1.39 bits per heavy atom. The molecule has 0 saturated heterocycles. The maximum atomic E-state index is 13.5. The Morgan fingerprint density at radius 3 is 2.72 bits per heavy atom. The molecule has 102 valence electrons. The van der Waals surface area contributed by atoms with E-state index >= 15 is 0 Å². The molecular formula is C14H21BrFNO. The molecule has 0 saturated carbocycles. The first-order chi connectivity index (χ1) is 8.60. The van der Waals surface area contributed by atoms with Crippen molar-refractivity contribution < 1.29 is 9.13 Å². The third kappa shape index (κ3) is 4.34. The van der Waals surface area contributed by atoms with Gasteiger partial charge < -0.3 is 10.1 Å². The van der Waals surface area contributed by atoms with Crippen molar-refractivity contribution in [2.45, 2.75) is 39.3 Å². The van der Waals surface area contributed by atoms with E-state index in [1.807, 2.05) is 19.9 Å². The summed E-state index contributed by atoms with van der Waals surface area (Å²) in [7, 11) is 0. The lowest BCUT2D eigenvalue weighted by Crippen LogP contribution is -2.41. The van der Waals surface area contributed by atoms with Crippen molar-refractivity contribution >= 4 is 15.9 Å². The zero-order valence-corrected chi connectivity index (χ0v) is 12.8. The molecule has 1 N–H and O–H groups in total. The molecule has 2 nitrogen and oxygen atoms in total. The van der Waals surface area contributed by atoms with E-state index in [1.54, 1.807) is 6.07 Å². The van der Waals surface area contributed by atoms with Crippen LogP contribution in [0.15, 0.2) is 22.7 Å². The van der Waals surface area contributed by atoms with Crippen molar-refractivity contribution in [3.63, 3.8) is 0 Å². The lowest BCUT2D eigenvalue weighted by molar-refractivity contribution is 0.0480. The molecule has 0 amide bonds. The molecule has 0 bridgehead atoms. The number of benzene rings is 1. The van der Waals surface area contributed by atoms with Gasteiger partial charge in [-0.25, -0.2) is 4.39 Å². The van der Waals surface area contributed by atoms with Crippen LogP contribution in [0.5, 0.6) is 0 Å². The van der Waals surface area contributed by atoms with E-state index in [1.165, 1.54) is 6.07 Å². The van der Waals surface area contributed by atoms with Gasteiger partial charge in [-0.15, -0.1) is 0 Å². The Balaban J connectivity index is 2.79. The topological polar surface area (TPSA) is 21.3 Å². The quantitative estimate of drug-likeness (QED) is 0.830. The SMILES string of the molecule is CCNC(Cc1cccc(F)c1Br)C(C)OCC. The number of halogens is 2. The fraction of sp³-hybridized carbons (Fsp3) is 0.571. The summed E-state index contributed by atoms with van der Waals surface area (Å²) in [6.45, 7) is 7.65. The average molecular weight is 318 g/mol. The highest BCUT2D eigenvalue weighted by atomic mass is 79.9. The molecule has 0 heterocycles. The van der Waals surface area contributed by atoms with Crippen LogP contribution in [0.3, 0.4) is 0 Å². The average Bonchev–Trinajstić information content (AvgIpc) is 2.34. The lowest BCUT2D eigenvalue weighted by Gasteiger charge is -2.25. The van der Waals surface area contributed by atoms with Crippen molar-refractivity contribution in [3.05, 3.63) is 34.1 Å². The van der Waals surface area contributed by atoms with Gasteiger partial charge in [0.25, 0.3) is 0 Å². The first-order valence-electron chi connectivity index (χ1n) is 6.38. The summed E-state index contributed by atoms with van der Waals surface area (Å²) in [6.07, 6.45) is 0.845. The summed E-state index contributed by atoms with van der Waals surface area (Å²) in [4.78, 5) is 0. The molecule has 0 aliphatic heterocycles. The van der Waals surface area contributed by atoms with Gasteiger partial charge in [0.15, 0.2) is 0 Å². The minimum atomic E-state index is -0.216. The maximum absolute atomic E-state index is 13.5. The molecule has 1 aromatic carbocycles. The highest BCUT2D eigenvalue weighted by Crippen LogP contribution is 2.22. The molecule has 0 spiro atoms. The summed E-state index contributed by atoms with van der Waals surface area (Å²) in [6, 6.07) is 5.33. The third-order valence-electron chi connectivity index (χ3n) is 2.93. The zero-order chi connectivity index (χ0) is 13.5. The Labute approximate surface area is 117 Å². The summed E-state index contributed by atoms with van der Waals surface area (Å²) in [5.41, 5.74) is 0.965. The van der Waals surface area contributed by atoms with Crippen LogP contribution in [0.2, 0.25) is 0 Å². The van der Waals surface area contributed by atoms with E-state index in [9.17, 15) is 4.39 Å². The number of rotatable bonds is 7. The van der Waals surface area contributed by atoms with E-state index < -0.39 is 0 Å². The molecule has 0 aliphatic rings. The summed E-state index contributed by atoms with van der Waals surface area (Å²) >= 11 is 3.30. The molecule has 0 aliphatic carbocycles. The van der Waals surface area contributed by atoms with E-state index in [2.05, 4.69) is 28.2 Å². The molecule has 2 unspecified atom stereocenters. The Morgan fingerprint density at radius 2 is 2.11 bits per heavy atom. The van der Waals surface area contributed by atoms with E-state index in [-0.39, 0.29) is 18.0 Å². The van der Waals surface area contributed by atoms with Crippen LogP contribution in [0.1, 0.15) is 26.3 Å². The highest BCUT2D eigenvalue weighted by Gasteiger charge is 2.18. The van der Waals surface area contributed by atoms with Crippen molar-refractivity contribution in [3.8, 4) is 0 Å². The smallest absolute Gasteiger partial charge is 0.137 e. The molecule has 1 aromatic rings. The van der Waals surface area contributed by atoms with E-state index in [0.717, 1.165) is 18.5 Å². The second kappa shape index (κ2) is 7.87. The van der Waals surface area contributed by atoms with Crippen molar-refractivity contribution in [1.82, 2.24) is 5.32 Å². The maximum Gasteiger partial charge on any atom is 0.137 e. The first-order valence-corrected chi connectivity index (χ1v) is 7.17. The number of likely N-dealkylation sites (N-methyl/N-ethyl adjacent to an activating group) is 1. The molecule has 0 radical (unpaired) electrons. The van der Waals surface area contributed by atoms with Gasteiger partial charge in [0, 0.05) is 12.6 Å². The third-order valence-corrected chi connectivity index (χ3v) is 3.82. The Bertz CT molecular complexity index is 373. The van der Waals surface area contributed by atoms with Gasteiger partial charge in [-0.05, 0) is 54.4 Å². The molecule has 2 atom stereocenters. The molecule has 1 rings (SSSR count). The summed E-state index contributed by atoms with van der Waals surface area (Å²) in [5, 5.41) is 3.39. The second-order valence-electron chi connectivity index (χ2n) is 4.24. The summed E-state index contributed by atoms with van der Waals surface area (Å²) < 4.78 is 19.6. The Hall–Kier alpha value is -0.450. The fourth-order valence-corrected chi connectivity index (χ4v) is 2.41. The van der Waals surface area contributed by atoms with Crippen LogP contribution >= 0.6 is 15.9 Å². The minimum Gasteiger partial charge on any atom is -0.377 e. The van der Waals surface area contributed by atoms with E-state index in [4.69, 9.17) is 4.74 Å². The number of hydrogen-bond donors (Lipinski definition) is 1. The van der Waals surface area contributed by atoms with Crippen molar-refractivity contribution in [2.24, 2.45) is 0 Å². The van der Waals surface area contributed by atoms with Gasteiger partial charge >= 0.3 is 0 Å². The van der Waals surface area contributed by atoms with Gasteiger partial charge in [-0.3, -0.25) is 0 Å². The molecule has 4 heteroatoms. The van der Waals surface area contributed by atoms with Crippen LogP contribution in [-0.2, 0) is 11.2 Å². The molecule has 18 heavy (non-hydrogen) atoms. The monoisotopic (exact) mass is 317 g/mol. The normalized spacial score (nSPS) is 14.5. The predicted octanol–water partition coefficient (Wildman–Crippen LogP) is 3.53. The van der Waals surface area contributed by atoms with Crippen LogP contribution < -0.4 is 5.32 Å². The molecule has 0 fully saturated rings. The van der Waals surface area contributed by atoms with Crippen LogP contribution in [0.4, 0.5) is 4.39 Å². The van der Waals surface area contributed by atoms with Crippen LogP contribution in [-0.4, -0.2) is 25.3 Å². The van der Waals surface area contributed by atoms with Crippen LogP contribution in [0, 0.1) is 5.82 Å². The minimum absolute atomic E-state index is 0.102. The lowest BCUT2D eigenvalue weighted by atomic mass is 10.0. The predicted molar refractivity (Wildman–Crippen MR) is 76.4 cm³/mol. The largest absolute Gasteiger partial charge is 0.377 e. The summed E-state index contributed by atoms with van der Waals surface area (Å²) in [5.74, 6) is -0.216. The highest BCUT2D eigenvalue weighted by molar-refractivity contribution is 9.10. The number of hydrogen-bond acceptors (Lipinski definition) is 2. The zero-order valence-electron chi connectivity index (χ0n) is 11.2. The fourth-order valence-electron chi connectivity index (χ4n) is 1.99. The van der Waals surface area contributed by atoms with Gasteiger partial charge in [0.2, 0.25) is 0 Å². The standard InChI is InChI=1S/C14H21BrFNO/c1-4-17-13(10(3)18-5-2)9-11-7-6-8-12(16)14(11)15/h6-8,10,13,17H,4-5,9H2,1-3H3. The van der Waals surface area contributed by atoms with Crippen LogP contribution in [0.25, 0.3) is 0 Å². The Kier molecular flexibility index (Phi) is 6.82. The van der Waals surface area contributed by atoms with Gasteiger partial charge in [-0.2, -0.15) is 0 Å². The van der Waals surface area contributed by atoms with Gasteiger partial charge in [0.05, 0.1) is 10.6 Å². The molecular weight excluding hydrogens is 297 g/mol. The molecule has 0 aromatic heterocycles. The first kappa shape index (κ1) is 15.6. The second-order valence-corrected chi connectivity index (χ2v) is 5.03.